The molecule has 88 valence electrons. The quantitative estimate of drug-likeness (QED) is 0.637. The molecule has 0 aromatic heterocycles. The molecule has 1 heterocycles. The van der Waals surface area contributed by atoms with E-state index in [2.05, 4.69) is 0 Å². The Morgan fingerprint density at radius 1 is 1.20 bits per heavy atom. The first-order valence-corrected chi connectivity index (χ1v) is 5.42. The monoisotopic (exact) mass is 246 g/mol. The summed E-state index contributed by atoms with van der Waals surface area (Å²) < 4.78 is 59.6. The molecular formula is C6H9F3N2O3S. The zero-order valence-corrected chi connectivity index (χ0v) is 8.38. The molecule has 5 nitrogen and oxygen atoms in total. The van der Waals surface area contributed by atoms with Crippen molar-refractivity contribution < 1.29 is 26.4 Å². The topological polar surface area (TPSA) is 57.7 Å². The van der Waals surface area contributed by atoms with Gasteiger partial charge in [-0.25, -0.2) is 0 Å². The van der Waals surface area contributed by atoms with Gasteiger partial charge in [0.2, 0.25) is 0 Å². The minimum Gasteiger partial charge on any atom is -0.302 e. The van der Waals surface area contributed by atoms with Crippen LogP contribution in [-0.4, -0.2) is 55.7 Å². The maximum atomic E-state index is 12.0. The largest absolute Gasteiger partial charge is 0.402 e. The SMILES string of the molecule is O=CCN1CCN(CC(F)(F)F)S1(=O)=O. The van der Waals surface area contributed by atoms with Crippen LogP contribution >= 0.6 is 0 Å². The third-order valence-electron chi connectivity index (χ3n) is 1.89. The van der Waals surface area contributed by atoms with Crippen LogP contribution in [0.1, 0.15) is 0 Å². The van der Waals surface area contributed by atoms with Crippen LogP contribution in [0.15, 0.2) is 0 Å². The van der Waals surface area contributed by atoms with Crippen molar-refractivity contribution in [3.63, 3.8) is 0 Å². The van der Waals surface area contributed by atoms with Crippen LogP contribution in [0.2, 0.25) is 0 Å². The summed E-state index contributed by atoms with van der Waals surface area (Å²) in [6, 6.07) is 0. The fraction of sp³-hybridized carbons (Fsp3) is 0.833. The molecular weight excluding hydrogens is 237 g/mol. The molecule has 9 heteroatoms. The molecule has 1 saturated heterocycles. The van der Waals surface area contributed by atoms with E-state index in [0.717, 1.165) is 0 Å². The number of aldehydes is 1. The standard InChI is InChI=1S/C6H9F3N2O3S/c7-6(8,9)5-11-2-1-10(3-4-12)15(11,13)14/h4H,1-3,5H2. The van der Waals surface area contributed by atoms with Gasteiger partial charge in [-0.3, -0.25) is 0 Å². The molecule has 0 spiro atoms. The minimum absolute atomic E-state index is 0.0862. The average molecular weight is 246 g/mol. The first-order valence-electron chi connectivity index (χ1n) is 4.03. The molecule has 1 rings (SSSR count). The van der Waals surface area contributed by atoms with Gasteiger partial charge in [0.05, 0.1) is 6.54 Å². The second-order valence-corrected chi connectivity index (χ2v) is 4.91. The van der Waals surface area contributed by atoms with Crippen molar-refractivity contribution in [2.75, 3.05) is 26.2 Å². The van der Waals surface area contributed by atoms with E-state index in [0.29, 0.717) is 14.9 Å². The van der Waals surface area contributed by atoms with Gasteiger partial charge in [-0.2, -0.15) is 30.2 Å². The van der Waals surface area contributed by atoms with Crippen molar-refractivity contribution >= 4 is 16.5 Å². The number of rotatable bonds is 3. The van der Waals surface area contributed by atoms with Gasteiger partial charge in [-0.15, -0.1) is 0 Å². The predicted octanol–water partition coefficient (Wildman–Crippen LogP) is -0.390. The number of alkyl halides is 3. The predicted molar refractivity (Wildman–Crippen MR) is 44.2 cm³/mol. The van der Waals surface area contributed by atoms with Crippen LogP contribution in [0.25, 0.3) is 0 Å². The highest BCUT2D eigenvalue weighted by Gasteiger charge is 2.42. The van der Waals surface area contributed by atoms with E-state index < -0.39 is 29.5 Å². The Morgan fingerprint density at radius 3 is 2.20 bits per heavy atom. The Kier molecular flexibility index (Phi) is 3.36. The minimum atomic E-state index is -4.57. The third-order valence-corrected chi connectivity index (χ3v) is 3.83. The number of hydrogen-bond acceptors (Lipinski definition) is 3. The summed E-state index contributed by atoms with van der Waals surface area (Å²) in [4.78, 5) is 10.1. The fourth-order valence-electron chi connectivity index (χ4n) is 1.25. The molecule has 0 aliphatic carbocycles. The molecule has 1 aliphatic heterocycles. The molecule has 0 atom stereocenters. The number of hydrogen-bond donors (Lipinski definition) is 0. The molecule has 0 bridgehead atoms. The first-order chi connectivity index (χ1) is 6.77. The van der Waals surface area contributed by atoms with Crippen LogP contribution in [-0.2, 0) is 15.0 Å². The highest BCUT2D eigenvalue weighted by molar-refractivity contribution is 7.87. The van der Waals surface area contributed by atoms with Gasteiger partial charge in [-0.1, -0.05) is 0 Å². The van der Waals surface area contributed by atoms with Crippen molar-refractivity contribution in [2.45, 2.75) is 6.18 Å². The molecule has 0 aromatic rings. The van der Waals surface area contributed by atoms with Gasteiger partial charge in [0.1, 0.15) is 12.8 Å². The van der Waals surface area contributed by atoms with Gasteiger partial charge in [0.25, 0.3) is 10.2 Å². The van der Waals surface area contributed by atoms with Crippen LogP contribution in [0, 0.1) is 0 Å². The molecule has 0 N–H and O–H groups in total. The Balaban J connectivity index is 2.76. The van der Waals surface area contributed by atoms with Crippen molar-refractivity contribution in [1.82, 2.24) is 8.61 Å². The average Bonchev–Trinajstić information content (AvgIpc) is 2.29. The molecule has 0 aromatic carbocycles. The number of carbonyl (C=O) groups is 1. The highest BCUT2D eigenvalue weighted by Crippen LogP contribution is 2.23. The number of halogens is 3. The van der Waals surface area contributed by atoms with Gasteiger partial charge in [0, 0.05) is 13.1 Å². The van der Waals surface area contributed by atoms with Crippen molar-refractivity contribution in [1.29, 1.82) is 0 Å². The molecule has 0 saturated carbocycles. The fourth-order valence-corrected chi connectivity index (χ4v) is 2.76. The zero-order valence-electron chi connectivity index (χ0n) is 7.57. The van der Waals surface area contributed by atoms with Gasteiger partial charge in [-0.05, 0) is 0 Å². The van der Waals surface area contributed by atoms with E-state index in [-0.39, 0.29) is 13.1 Å². The molecule has 15 heavy (non-hydrogen) atoms. The first kappa shape index (κ1) is 12.4. The lowest BCUT2D eigenvalue weighted by atomic mass is 10.5. The van der Waals surface area contributed by atoms with Gasteiger partial charge < -0.3 is 4.79 Å². The summed E-state index contributed by atoms with van der Waals surface area (Å²) in [6.07, 6.45) is -4.22. The van der Waals surface area contributed by atoms with Crippen LogP contribution in [0.5, 0.6) is 0 Å². The van der Waals surface area contributed by atoms with Gasteiger partial charge in [0.15, 0.2) is 0 Å². The normalized spacial score (nSPS) is 23.1. The molecule has 0 unspecified atom stereocenters. The second-order valence-electron chi connectivity index (χ2n) is 2.98. The lowest BCUT2D eigenvalue weighted by Gasteiger charge is -2.18. The van der Waals surface area contributed by atoms with E-state index in [1.54, 1.807) is 0 Å². The summed E-state index contributed by atoms with van der Waals surface area (Å²) >= 11 is 0. The Bertz CT molecular complexity index is 340. The van der Waals surface area contributed by atoms with E-state index in [1.807, 2.05) is 0 Å². The van der Waals surface area contributed by atoms with Crippen molar-refractivity contribution in [3.8, 4) is 0 Å². The van der Waals surface area contributed by atoms with E-state index in [1.165, 1.54) is 0 Å². The summed E-state index contributed by atoms with van der Waals surface area (Å²) in [5.41, 5.74) is 0. The number of carbonyl (C=O) groups excluding carboxylic acids is 1. The smallest absolute Gasteiger partial charge is 0.302 e. The van der Waals surface area contributed by atoms with Crippen molar-refractivity contribution in [3.05, 3.63) is 0 Å². The van der Waals surface area contributed by atoms with E-state index in [4.69, 9.17) is 0 Å². The Hall–Kier alpha value is -0.670. The Morgan fingerprint density at radius 2 is 1.73 bits per heavy atom. The van der Waals surface area contributed by atoms with E-state index >= 15 is 0 Å². The van der Waals surface area contributed by atoms with Gasteiger partial charge >= 0.3 is 6.18 Å². The molecule has 0 radical (unpaired) electrons. The lowest BCUT2D eigenvalue weighted by Crippen LogP contribution is -2.39. The number of nitrogens with zero attached hydrogens (tertiary/aromatic N) is 2. The second kappa shape index (κ2) is 4.06. The summed E-state index contributed by atoms with van der Waals surface area (Å²) in [6.45, 7) is -2.24. The van der Waals surface area contributed by atoms with E-state index in [9.17, 15) is 26.4 Å². The summed E-state index contributed by atoms with van der Waals surface area (Å²) in [7, 11) is -4.11. The Labute approximate surface area is 84.6 Å². The maximum Gasteiger partial charge on any atom is 0.402 e. The maximum absolute atomic E-state index is 12.0. The highest BCUT2D eigenvalue weighted by atomic mass is 32.2. The summed E-state index contributed by atoms with van der Waals surface area (Å²) in [5.74, 6) is 0. The zero-order chi connectivity index (χ0) is 11.7. The molecule has 0 amide bonds. The van der Waals surface area contributed by atoms with Crippen LogP contribution in [0.3, 0.4) is 0 Å². The van der Waals surface area contributed by atoms with Crippen LogP contribution < -0.4 is 0 Å². The molecule has 1 aliphatic rings. The third kappa shape index (κ3) is 2.89. The van der Waals surface area contributed by atoms with Crippen molar-refractivity contribution in [2.24, 2.45) is 0 Å². The lowest BCUT2D eigenvalue weighted by molar-refractivity contribution is -0.135. The molecule has 1 fully saturated rings. The summed E-state index contributed by atoms with van der Waals surface area (Å²) in [5, 5.41) is 0. The van der Waals surface area contributed by atoms with Crippen LogP contribution in [0.4, 0.5) is 13.2 Å².